The zero-order chi connectivity index (χ0) is 23.0. The second-order valence-electron chi connectivity index (χ2n) is 8.37. The first kappa shape index (κ1) is 21.9. The average molecular weight is 439 g/mol. The van der Waals surface area contributed by atoms with Crippen LogP contribution in [0.1, 0.15) is 29.9 Å². The summed E-state index contributed by atoms with van der Waals surface area (Å²) >= 11 is 0. The molecule has 0 unspecified atom stereocenters. The fourth-order valence-electron chi connectivity index (χ4n) is 4.48. The molecular formula is C23H26FN5O3. The normalized spacial score (nSPS) is 17.5. The van der Waals surface area contributed by atoms with Gasteiger partial charge in [-0.2, -0.15) is 0 Å². The number of carbonyl (C=O) groups is 1. The SMILES string of the molecule is Cn1c(=O)c2c([C@@H]3CCCN(C(=O)[C@H](N)Cc4ccc(F)cc4)C3)ccnc2n(C)c1=O. The number of hydrogen-bond acceptors (Lipinski definition) is 5. The number of carbonyl (C=O) groups excluding carboxylic acids is 1. The number of fused-ring (bicyclic) bond motifs is 1. The van der Waals surface area contributed by atoms with Gasteiger partial charge in [-0.1, -0.05) is 12.1 Å². The molecule has 0 radical (unpaired) electrons. The minimum Gasteiger partial charge on any atom is -0.341 e. The van der Waals surface area contributed by atoms with Gasteiger partial charge >= 0.3 is 5.69 Å². The van der Waals surface area contributed by atoms with Gasteiger partial charge in [0.25, 0.3) is 5.56 Å². The summed E-state index contributed by atoms with van der Waals surface area (Å²) in [4.78, 5) is 44.2. The molecule has 1 fully saturated rings. The zero-order valence-electron chi connectivity index (χ0n) is 18.1. The van der Waals surface area contributed by atoms with Crippen molar-refractivity contribution in [3.8, 4) is 0 Å². The fourth-order valence-corrected chi connectivity index (χ4v) is 4.48. The monoisotopic (exact) mass is 439 g/mol. The minimum absolute atomic E-state index is 0.0681. The van der Waals surface area contributed by atoms with Gasteiger partial charge in [-0.05, 0) is 48.6 Å². The maximum atomic E-state index is 13.1. The molecule has 32 heavy (non-hydrogen) atoms. The van der Waals surface area contributed by atoms with E-state index in [0.717, 1.165) is 28.5 Å². The Bertz CT molecular complexity index is 1280. The van der Waals surface area contributed by atoms with Crippen molar-refractivity contribution in [3.05, 3.63) is 74.3 Å². The highest BCUT2D eigenvalue weighted by Crippen LogP contribution is 2.30. The Morgan fingerprint density at radius 2 is 1.91 bits per heavy atom. The Kier molecular flexibility index (Phi) is 5.92. The van der Waals surface area contributed by atoms with Gasteiger partial charge in [0.15, 0.2) is 0 Å². The van der Waals surface area contributed by atoms with E-state index in [4.69, 9.17) is 5.73 Å². The third-order valence-corrected chi connectivity index (χ3v) is 6.23. The van der Waals surface area contributed by atoms with E-state index in [9.17, 15) is 18.8 Å². The molecule has 0 aliphatic carbocycles. The van der Waals surface area contributed by atoms with Gasteiger partial charge in [0, 0.05) is 39.3 Å². The molecule has 8 nitrogen and oxygen atoms in total. The third kappa shape index (κ3) is 3.95. The maximum absolute atomic E-state index is 13.1. The predicted octanol–water partition coefficient (Wildman–Crippen LogP) is 1.05. The summed E-state index contributed by atoms with van der Waals surface area (Å²) in [6, 6.07) is 7.03. The number of pyridine rings is 1. The average Bonchev–Trinajstić information content (AvgIpc) is 2.81. The number of hydrogen-bond donors (Lipinski definition) is 1. The van der Waals surface area contributed by atoms with E-state index in [1.165, 1.54) is 23.7 Å². The van der Waals surface area contributed by atoms with Crippen molar-refractivity contribution >= 4 is 16.9 Å². The van der Waals surface area contributed by atoms with Crippen LogP contribution in [0.15, 0.2) is 46.1 Å². The maximum Gasteiger partial charge on any atom is 0.332 e. The molecule has 0 spiro atoms. The van der Waals surface area contributed by atoms with Gasteiger partial charge in [0.05, 0.1) is 11.4 Å². The van der Waals surface area contributed by atoms with Crippen molar-refractivity contribution in [2.24, 2.45) is 19.8 Å². The first-order valence-electron chi connectivity index (χ1n) is 10.6. The lowest BCUT2D eigenvalue weighted by molar-refractivity contribution is -0.133. The summed E-state index contributed by atoms with van der Waals surface area (Å²) in [6.07, 6.45) is 3.50. The minimum atomic E-state index is -0.734. The van der Waals surface area contributed by atoms with Crippen LogP contribution in [0, 0.1) is 5.82 Å². The van der Waals surface area contributed by atoms with Crippen LogP contribution in [0.4, 0.5) is 4.39 Å². The summed E-state index contributed by atoms with van der Waals surface area (Å²) < 4.78 is 15.6. The first-order valence-corrected chi connectivity index (χ1v) is 10.6. The van der Waals surface area contributed by atoms with Crippen LogP contribution in [-0.2, 0) is 25.3 Å². The molecule has 1 aliphatic heterocycles. The van der Waals surface area contributed by atoms with E-state index >= 15 is 0 Å². The highest BCUT2D eigenvalue weighted by molar-refractivity contribution is 5.83. The van der Waals surface area contributed by atoms with Crippen molar-refractivity contribution in [1.82, 2.24) is 19.0 Å². The largest absolute Gasteiger partial charge is 0.341 e. The summed E-state index contributed by atoms with van der Waals surface area (Å²) in [6.45, 7) is 1.02. The van der Waals surface area contributed by atoms with Crippen molar-refractivity contribution in [3.63, 3.8) is 0 Å². The standard InChI is InChI=1S/C23H26FN5O3/c1-27-20-19(22(31)28(2)23(27)32)17(9-10-26-20)15-4-3-11-29(13-15)21(30)18(25)12-14-5-7-16(24)8-6-14/h5-10,15,18H,3-4,11-13,25H2,1-2H3/t15-,18-/m1/s1. The first-order chi connectivity index (χ1) is 15.3. The van der Waals surface area contributed by atoms with E-state index in [1.54, 1.807) is 36.3 Å². The molecular weight excluding hydrogens is 413 g/mol. The van der Waals surface area contributed by atoms with Crippen LogP contribution < -0.4 is 17.0 Å². The van der Waals surface area contributed by atoms with Crippen LogP contribution >= 0.6 is 0 Å². The molecule has 3 heterocycles. The van der Waals surface area contributed by atoms with Gasteiger partial charge in [0.1, 0.15) is 11.5 Å². The Labute approximate surface area is 184 Å². The van der Waals surface area contributed by atoms with Gasteiger partial charge in [-0.25, -0.2) is 14.2 Å². The number of nitrogens with zero attached hydrogens (tertiary/aromatic N) is 4. The second kappa shape index (κ2) is 8.66. The number of benzene rings is 1. The number of piperidine rings is 1. The summed E-state index contributed by atoms with van der Waals surface area (Å²) in [5, 5.41) is 0.409. The topological polar surface area (TPSA) is 103 Å². The highest BCUT2D eigenvalue weighted by atomic mass is 19.1. The lowest BCUT2D eigenvalue weighted by Gasteiger charge is -2.35. The van der Waals surface area contributed by atoms with Crippen molar-refractivity contribution < 1.29 is 9.18 Å². The predicted molar refractivity (Wildman–Crippen MR) is 119 cm³/mol. The van der Waals surface area contributed by atoms with Crippen molar-refractivity contribution in [2.75, 3.05) is 13.1 Å². The lowest BCUT2D eigenvalue weighted by atomic mass is 9.89. The molecule has 0 saturated carbocycles. The van der Waals surface area contributed by atoms with Crippen LogP contribution in [-0.4, -0.2) is 44.1 Å². The fraction of sp³-hybridized carbons (Fsp3) is 0.391. The molecule has 1 amide bonds. The number of aryl methyl sites for hydroxylation is 1. The zero-order valence-corrected chi connectivity index (χ0v) is 18.1. The van der Waals surface area contributed by atoms with Gasteiger partial charge < -0.3 is 10.6 Å². The Balaban J connectivity index is 1.60. The van der Waals surface area contributed by atoms with E-state index in [-0.39, 0.29) is 23.2 Å². The summed E-state index contributed by atoms with van der Waals surface area (Å²) in [5.74, 6) is -0.570. The number of likely N-dealkylation sites (tertiary alicyclic amines) is 1. The van der Waals surface area contributed by atoms with E-state index in [0.29, 0.717) is 30.5 Å². The van der Waals surface area contributed by atoms with Crippen LogP contribution in [0.2, 0.25) is 0 Å². The molecule has 2 atom stereocenters. The van der Waals surface area contributed by atoms with Gasteiger partial charge in [-0.15, -0.1) is 0 Å². The van der Waals surface area contributed by atoms with Gasteiger partial charge in [-0.3, -0.25) is 18.7 Å². The molecule has 4 rings (SSSR count). The Morgan fingerprint density at radius 3 is 2.62 bits per heavy atom. The van der Waals surface area contributed by atoms with E-state index < -0.39 is 11.7 Å². The third-order valence-electron chi connectivity index (χ3n) is 6.23. The van der Waals surface area contributed by atoms with Crippen LogP contribution in [0.3, 0.4) is 0 Å². The Morgan fingerprint density at radius 1 is 1.19 bits per heavy atom. The molecule has 1 aromatic carbocycles. The van der Waals surface area contributed by atoms with Crippen LogP contribution in [0.5, 0.6) is 0 Å². The molecule has 2 aromatic heterocycles. The van der Waals surface area contributed by atoms with Crippen molar-refractivity contribution in [2.45, 2.75) is 31.2 Å². The molecule has 2 N–H and O–H groups in total. The number of nitrogens with two attached hydrogens (primary N) is 1. The molecule has 0 bridgehead atoms. The smallest absolute Gasteiger partial charge is 0.332 e. The molecule has 168 valence electrons. The molecule has 3 aromatic rings. The van der Waals surface area contributed by atoms with Gasteiger partial charge in [0.2, 0.25) is 5.91 Å². The molecule has 1 aliphatic rings. The Hall–Kier alpha value is -3.33. The molecule has 9 heteroatoms. The number of amides is 1. The number of rotatable bonds is 4. The summed E-state index contributed by atoms with van der Waals surface area (Å²) in [7, 11) is 3.04. The van der Waals surface area contributed by atoms with E-state index in [2.05, 4.69) is 4.98 Å². The lowest BCUT2D eigenvalue weighted by Crippen LogP contribution is -2.48. The van der Waals surface area contributed by atoms with Crippen LogP contribution in [0.25, 0.3) is 11.0 Å². The second-order valence-corrected chi connectivity index (χ2v) is 8.37. The van der Waals surface area contributed by atoms with Crippen molar-refractivity contribution in [1.29, 1.82) is 0 Å². The van der Waals surface area contributed by atoms with E-state index in [1.807, 2.05) is 0 Å². The highest BCUT2D eigenvalue weighted by Gasteiger charge is 2.30. The number of aromatic nitrogens is 3. The molecule has 1 saturated heterocycles. The number of halogens is 1. The quantitative estimate of drug-likeness (QED) is 0.655. The summed E-state index contributed by atoms with van der Waals surface area (Å²) in [5.41, 5.74) is 7.29.